The maximum Gasteiger partial charge on any atom is 0.0148 e. The molecule has 1 heteroatoms. The highest BCUT2D eigenvalue weighted by atomic mass is 79.9. The summed E-state index contributed by atoms with van der Waals surface area (Å²) in [4.78, 5) is 0.674. The second kappa shape index (κ2) is 10.6. The van der Waals surface area contributed by atoms with Gasteiger partial charge in [0.15, 0.2) is 0 Å². The van der Waals surface area contributed by atoms with Crippen molar-refractivity contribution in [2.75, 3.05) is 0 Å². The van der Waals surface area contributed by atoms with Gasteiger partial charge in [-0.3, -0.25) is 0 Å². The molecule has 98 valence electrons. The van der Waals surface area contributed by atoms with Crippen LogP contribution < -0.4 is 0 Å². The first-order chi connectivity index (χ1) is 7.59. The topological polar surface area (TPSA) is 0 Å². The van der Waals surface area contributed by atoms with Crippen LogP contribution in [-0.2, 0) is 0 Å². The number of hydrogen-bond donors (Lipinski definition) is 0. The Labute approximate surface area is 112 Å². The molecule has 0 aromatic rings. The van der Waals surface area contributed by atoms with Gasteiger partial charge in [0, 0.05) is 4.83 Å². The fourth-order valence-electron chi connectivity index (χ4n) is 2.43. The Bertz CT molecular complexity index is 132. The number of unbranched alkanes of at least 4 members (excludes halogenated alkanes) is 6. The van der Waals surface area contributed by atoms with Crippen molar-refractivity contribution in [3.8, 4) is 0 Å². The molecule has 0 heterocycles. The van der Waals surface area contributed by atoms with Crippen LogP contribution in [0, 0.1) is 11.8 Å². The summed E-state index contributed by atoms with van der Waals surface area (Å²) in [7, 11) is 0. The van der Waals surface area contributed by atoms with E-state index in [-0.39, 0.29) is 0 Å². The zero-order chi connectivity index (χ0) is 12.4. The summed E-state index contributed by atoms with van der Waals surface area (Å²) < 4.78 is 0. The lowest BCUT2D eigenvalue weighted by Crippen LogP contribution is -2.17. The van der Waals surface area contributed by atoms with E-state index in [0.717, 1.165) is 11.8 Å². The SMILES string of the molecule is CCCCCCCCCC(C(C)C)C(C)Br. The fourth-order valence-corrected chi connectivity index (χ4v) is 3.31. The van der Waals surface area contributed by atoms with Crippen LogP contribution in [0.5, 0.6) is 0 Å². The van der Waals surface area contributed by atoms with Crippen molar-refractivity contribution in [1.29, 1.82) is 0 Å². The van der Waals surface area contributed by atoms with Crippen LogP contribution in [0.1, 0.15) is 79.1 Å². The molecule has 0 aliphatic rings. The molecule has 16 heavy (non-hydrogen) atoms. The summed E-state index contributed by atoms with van der Waals surface area (Å²) in [6, 6.07) is 0. The van der Waals surface area contributed by atoms with Crippen LogP contribution in [0.15, 0.2) is 0 Å². The number of hydrogen-bond acceptors (Lipinski definition) is 0. The van der Waals surface area contributed by atoms with Crippen molar-refractivity contribution in [3.63, 3.8) is 0 Å². The summed E-state index contributed by atoms with van der Waals surface area (Å²) in [5.41, 5.74) is 0. The predicted octanol–water partition coefficient (Wildman–Crippen LogP) is 6.18. The quantitative estimate of drug-likeness (QED) is 0.333. The Balaban J connectivity index is 3.41. The molecule has 0 rings (SSSR count). The molecule has 0 fully saturated rings. The van der Waals surface area contributed by atoms with Crippen molar-refractivity contribution in [1.82, 2.24) is 0 Å². The molecule has 0 spiro atoms. The third kappa shape index (κ3) is 8.61. The Kier molecular flexibility index (Phi) is 10.9. The highest BCUT2D eigenvalue weighted by Gasteiger charge is 2.17. The molecule has 0 bridgehead atoms. The number of alkyl halides is 1. The summed E-state index contributed by atoms with van der Waals surface area (Å²) in [5, 5.41) is 0. The van der Waals surface area contributed by atoms with Gasteiger partial charge in [0.2, 0.25) is 0 Å². The first-order valence-electron chi connectivity index (χ1n) is 7.23. The van der Waals surface area contributed by atoms with E-state index >= 15 is 0 Å². The van der Waals surface area contributed by atoms with Gasteiger partial charge in [0.25, 0.3) is 0 Å². The Hall–Kier alpha value is 0.480. The molecule has 0 nitrogen and oxygen atoms in total. The fraction of sp³-hybridized carbons (Fsp3) is 1.00. The van der Waals surface area contributed by atoms with E-state index in [1.165, 1.54) is 51.4 Å². The van der Waals surface area contributed by atoms with Gasteiger partial charge in [-0.15, -0.1) is 0 Å². The highest BCUT2D eigenvalue weighted by molar-refractivity contribution is 9.09. The van der Waals surface area contributed by atoms with Crippen molar-refractivity contribution >= 4 is 15.9 Å². The highest BCUT2D eigenvalue weighted by Crippen LogP contribution is 2.27. The third-order valence-corrected chi connectivity index (χ3v) is 4.27. The van der Waals surface area contributed by atoms with Crippen LogP contribution in [0.2, 0.25) is 0 Å². The Morgan fingerprint density at radius 2 is 1.31 bits per heavy atom. The minimum Gasteiger partial charge on any atom is -0.0891 e. The largest absolute Gasteiger partial charge is 0.0891 e. The van der Waals surface area contributed by atoms with Crippen molar-refractivity contribution in [2.24, 2.45) is 11.8 Å². The minimum atomic E-state index is 0.674. The zero-order valence-corrected chi connectivity index (χ0v) is 13.4. The molecule has 2 unspecified atom stereocenters. The summed E-state index contributed by atoms with van der Waals surface area (Å²) in [6.07, 6.45) is 11.4. The van der Waals surface area contributed by atoms with E-state index in [1.807, 2.05) is 0 Å². The van der Waals surface area contributed by atoms with E-state index in [0.29, 0.717) is 4.83 Å². The van der Waals surface area contributed by atoms with Gasteiger partial charge < -0.3 is 0 Å². The van der Waals surface area contributed by atoms with Crippen molar-refractivity contribution in [2.45, 2.75) is 83.9 Å². The number of rotatable bonds is 10. The van der Waals surface area contributed by atoms with Gasteiger partial charge in [0.05, 0.1) is 0 Å². The molecule has 0 aliphatic carbocycles. The summed E-state index contributed by atoms with van der Waals surface area (Å²) >= 11 is 3.74. The second-order valence-electron chi connectivity index (χ2n) is 5.50. The van der Waals surface area contributed by atoms with Crippen LogP contribution in [-0.4, -0.2) is 4.83 Å². The van der Waals surface area contributed by atoms with Gasteiger partial charge in [-0.05, 0) is 18.3 Å². The monoisotopic (exact) mass is 290 g/mol. The maximum absolute atomic E-state index is 3.74. The average Bonchev–Trinajstić information content (AvgIpc) is 2.21. The molecule has 0 saturated carbocycles. The lowest BCUT2D eigenvalue weighted by atomic mass is 9.88. The molecule has 0 saturated heterocycles. The van der Waals surface area contributed by atoms with E-state index in [1.54, 1.807) is 0 Å². The van der Waals surface area contributed by atoms with Gasteiger partial charge in [-0.2, -0.15) is 0 Å². The van der Waals surface area contributed by atoms with Crippen LogP contribution in [0.25, 0.3) is 0 Å². The van der Waals surface area contributed by atoms with Gasteiger partial charge in [-0.1, -0.05) is 88.6 Å². The number of halogens is 1. The van der Waals surface area contributed by atoms with Crippen LogP contribution in [0.3, 0.4) is 0 Å². The van der Waals surface area contributed by atoms with Gasteiger partial charge in [-0.25, -0.2) is 0 Å². The first-order valence-corrected chi connectivity index (χ1v) is 8.15. The molecule has 0 aromatic carbocycles. The van der Waals surface area contributed by atoms with Crippen LogP contribution in [0.4, 0.5) is 0 Å². The summed E-state index contributed by atoms with van der Waals surface area (Å²) in [5.74, 6) is 1.67. The smallest absolute Gasteiger partial charge is 0.0148 e. The van der Waals surface area contributed by atoms with Crippen molar-refractivity contribution in [3.05, 3.63) is 0 Å². The Morgan fingerprint density at radius 3 is 1.75 bits per heavy atom. The summed E-state index contributed by atoms with van der Waals surface area (Å²) in [6.45, 7) is 9.28. The molecule has 2 atom stereocenters. The molecule has 0 amide bonds. The molecule has 0 radical (unpaired) electrons. The Morgan fingerprint density at radius 1 is 0.812 bits per heavy atom. The molecule has 0 N–H and O–H groups in total. The molecular weight excluding hydrogens is 260 g/mol. The second-order valence-corrected chi connectivity index (χ2v) is 6.94. The normalized spacial score (nSPS) is 15.4. The average molecular weight is 291 g/mol. The van der Waals surface area contributed by atoms with Crippen LogP contribution >= 0.6 is 15.9 Å². The van der Waals surface area contributed by atoms with Gasteiger partial charge in [0.1, 0.15) is 0 Å². The lowest BCUT2D eigenvalue weighted by Gasteiger charge is -2.23. The van der Waals surface area contributed by atoms with E-state index in [4.69, 9.17) is 0 Å². The first kappa shape index (κ1) is 16.5. The van der Waals surface area contributed by atoms with E-state index in [9.17, 15) is 0 Å². The zero-order valence-electron chi connectivity index (χ0n) is 11.8. The molecule has 0 aromatic heterocycles. The van der Waals surface area contributed by atoms with Gasteiger partial charge >= 0.3 is 0 Å². The van der Waals surface area contributed by atoms with E-state index < -0.39 is 0 Å². The maximum atomic E-state index is 3.74. The minimum absolute atomic E-state index is 0.674. The van der Waals surface area contributed by atoms with Crippen molar-refractivity contribution < 1.29 is 0 Å². The standard InChI is InChI=1S/C15H31Br/c1-5-6-7-8-9-10-11-12-15(13(2)3)14(4)16/h13-15H,5-12H2,1-4H3. The third-order valence-electron chi connectivity index (χ3n) is 3.59. The molecule has 0 aliphatic heterocycles. The predicted molar refractivity (Wildman–Crippen MR) is 79.3 cm³/mol. The van der Waals surface area contributed by atoms with E-state index in [2.05, 4.69) is 43.6 Å². The molecular formula is C15H31Br. The lowest BCUT2D eigenvalue weighted by molar-refractivity contribution is 0.346.